The van der Waals surface area contributed by atoms with Gasteiger partial charge in [0.1, 0.15) is 5.82 Å². The summed E-state index contributed by atoms with van der Waals surface area (Å²) in [7, 11) is 0. The molecule has 3 aromatic rings. The number of amides is 1. The quantitative estimate of drug-likeness (QED) is 0.507. The van der Waals surface area contributed by atoms with E-state index in [2.05, 4.69) is 25.5 Å². The number of aryl methyl sites for hydroxylation is 1. The van der Waals surface area contributed by atoms with Gasteiger partial charge in [0.05, 0.1) is 0 Å². The molecule has 1 saturated heterocycles. The summed E-state index contributed by atoms with van der Waals surface area (Å²) in [6.45, 7) is 3.98. The molecule has 2 heterocycles. The number of hydrogen-bond donors (Lipinski definition) is 2. The molecule has 2 N–H and O–H groups in total. The minimum absolute atomic E-state index is 0.197. The second-order valence-corrected chi connectivity index (χ2v) is 7.90. The van der Waals surface area contributed by atoms with Gasteiger partial charge >= 0.3 is 0 Å². The highest BCUT2D eigenvalue weighted by molar-refractivity contribution is 6.30. The van der Waals surface area contributed by atoms with Crippen molar-refractivity contribution in [2.45, 2.75) is 19.8 Å². The largest absolute Gasteiger partial charge is 0.341 e. The molecule has 0 saturated carbocycles. The first-order chi connectivity index (χ1) is 15.0. The van der Waals surface area contributed by atoms with Crippen LogP contribution in [0.5, 0.6) is 0 Å². The van der Waals surface area contributed by atoms with Gasteiger partial charge in [-0.1, -0.05) is 23.7 Å². The molecule has 0 spiro atoms. The van der Waals surface area contributed by atoms with Crippen LogP contribution in [0.1, 0.15) is 24.1 Å². The minimum atomic E-state index is -0.197. The van der Waals surface area contributed by atoms with E-state index in [0.29, 0.717) is 10.7 Å². The van der Waals surface area contributed by atoms with Gasteiger partial charge in [0.2, 0.25) is 11.9 Å². The molecule has 2 aromatic carbocycles. The number of halogens is 1. The van der Waals surface area contributed by atoms with Crippen LogP contribution in [0.3, 0.4) is 0 Å². The van der Waals surface area contributed by atoms with Gasteiger partial charge in [-0.3, -0.25) is 4.79 Å². The maximum absolute atomic E-state index is 12.2. The summed E-state index contributed by atoms with van der Waals surface area (Å²) in [5.41, 5.74) is 3.44. The number of carbonyl (C=O) groups excluding carboxylic acids is 1. The zero-order valence-corrected chi connectivity index (χ0v) is 18.1. The lowest BCUT2D eigenvalue weighted by Gasteiger charge is -2.17. The van der Waals surface area contributed by atoms with E-state index in [1.54, 1.807) is 18.2 Å². The van der Waals surface area contributed by atoms with E-state index in [4.69, 9.17) is 11.6 Å². The number of hydrogen-bond acceptors (Lipinski definition) is 5. The Balaban J connectivity index is 1.37. The van der Waals surface area contributed by atoms with Crippen molar-refractivity contribution in [3.05, 3.63) is 77.0 Å². The van der Waals surface area contributed by atoms with Crippen molar-refractivity contribution in [2.24, 2.45) is 0 Å². The third-order valence-corrected chi connectivity index (χ3v) is 5.21. The zero-order chi connectivity index (χ0) is 21.6. The molecule has 1 amide bonds. The first-order valence-electron chi connectivity index (χ1n) is 10.3. The van der Waals surface area contributed by atoms with Gasteiger partial charge in [-0.25, -0.2) is 4.98 Å². The maximum atomic E-state index is 12.2. The Hall–Kier alpha value is -3.38. The molecular weight excluding hydrogens is 410 g/mol. The van der Waals surface area contributed by atoms with Crippen molar-refractivity contribution >= 4 is 46.7 Å². The minimum Gasteiger partial charge on any atom is -0.341 e. The number of carbonyl (C=O) groups is 1. The van der Waals surface area contributed by atoms with Gasteiger partial charge < -0.3 is 15.5 Å². The summed E-state index contributed by atoms with van der Waals surface area (Å²) >= 11 is 5.87. The van der Waals surface area contributed by atoms with Crippen molar-refractivity contribution in [1.29, 1.82) is 0 Å². The molecule has 0 atom stereocenters. The lowest BCUT2D eigenvalue weighted by atomic mass is 10.2. The van der Waals surface area contributed by atoms with E-state index < -0.39 is 0 Å². The predicted octanol–water partition coefficient (Wildman–Crippen LogP) is 5.43. The fourth-order valence-corrected chi connectivity index (χ4v) is 3.52. The highest BCUT2D eigenvalue weighted by Gasteiger charge is 2.16. The standard InChI is InChI=1S/C24H24ClN5O/c1-17-16-22(29-24(26-17)30-14-2-3-15-30)27-20-9-11-21(12-10-20)28-23(31)13-6-18-4-7-19(25)8-5-18/h4-13,16H,2-3,14-15H2,1H3,(H,28,31)(H,26,27,29)/b13-6+. The topological polar surface area (TPSA) is 70.2 Å². The van der Waals surface area contributed by atoms with Gasteiger partial charge in [0, 0.05) is 47.3 Å². The van der Waals surface area contributed by atoms with Gasteiger partial charge in [-0.15, -0.1) is 0 Å². The van der Waals surface area contributed by atoms with Crippen LogP contribution in [0.4, 0.5) is 23.1 Å². The average molecular weight is 434 g/mol. The van der Waals surface area contributed by atoms with E-state index in [0.717, 1.165) is 41.8 Å². The Kier molecular flexibility index (Phi) is 6.48. The lowest BCUT2D eigenvalue weighted by Crippen LogP contribution is -2.21. The summed E-state index contributed by atoms with van der Waals surface area (Å²) in [5.74, 6) is 1.34. The Labute approximate surface area is 187 Å². The summed E-state index contributed by atoms with van der Waals surface area (Å²) in [6, 6.07) is 16.7. The third kappa shape index (κ3) is 5.83. The van der Waals surface area contributed by atoms with Crippen LogP contribution in [-0.4, -0.2) is 29.0 Å². The van der Waals surface area contributed by atoms with E-state index in [9.17, 15) is 4.79 Å². The van der Waals surface area contributed by atoms with E-state index >= 15 is 0 Å². The fourth-order valence-electron chi connectivity index (χ4n) is 3.39. The van der Waals surface area contributed by atoms with Crippen LogP contribution in [0.15, 0.2) is 60.7 Å². The zero-order valence-electron chi connectivity index (χ0n) is 17.3. The molecule has 0 aliphatic carbocycles. The second-order valence-electron chi connectivity index (χ2n) is 7.47. The van der Waals surface area contributed by atoms with E-state index in [-0.39, 0.29) is 5.91 Å². The van der Waals surface area contributed by atoms with Crippen LogP contribution < -0.4 is 15.5 Å². The SMILES string of the molecule is Cc1cc(Nc2ccc(NC(=O)/C=C/c3ccc(Cl)cc3)cc2)nc(N2CCCC2)n1. The van der Waals surface area contributed by atoms with E-state index in [1.165, 1.54) is 18.9 Å². The molecule has 7 heteroatoms. The predicted molar refractivity (Wildman–Crippen MR) is 127 cm³/mol. The molecular formula is C24H24ClN5O. The molecule has 0 bridgehead atoms. The van der Waals surface area contributed by atoms with Gasteiger partial charge in [-0.05, 0) is 67.8 Å². The molecule has 1 aliphatic rings. The van der Waals surface area contributed by atoms with Crippen LogP contribution in [0.25, 0.3) is 6.08 Å². The molecule has 0 radical (unpaired) electrons. The Morgan fingerprint density at radius 3 is 2.39 bits per heavy atom. The highest BCUT2D eigenvalue weighted by atomic mass is 35.5. The number of rotatable bonds is 6. The fraction of sp³-hybridized carbons (Fsp3) is 0.208. The molecule has 1 aromatic heterocycles. The van der Waals surface area contributed by atoms with Crippen LogP contribution in [0, 0.1) is 6.92 Å². The normalized spacial score (nSPS) is 13.5. The van der Waals surface area contributed by atoms with Crippen molar-refractivity contribution < 1.29 is 4.79 Å². The lowest BCUT2D eigenvalue weighted by molar-refractivity contribution is -0.111. The molecule has 1 aliphatic heterocycles. The number of benzene rings is 2. The highest BCUT2D eigenvalue weighted by Crippen LogP contribution is 2.22. The summed E-state index contributed by atoms with van der Waals surface area (Å²) in [5, 5.41) is 6.85. The van der Waals surface area contributed by atoms with Crippen molar-refractivity contribution in [1.82, 2.24) is 9.97 Å². The molecule has 0 unspecified atom stereocenters. The summed E-state index contributed by atoms with van der Waals surface area (Å²) < 4.78 is 0. The Bertz CT molecular complexity index is 1070. The van der Waals surface area contributed by atoms with E-state index in [1.807, 2.05) is 49.4 Å². The molecule has 31 heavy (non-hydrogen) atoms. The first kappa shape index (κ1) is 20.9. The van der Waals surface area contributed by atoms with Gasteiger partial charge in [0.25, 0.3) is 0 Å². The van der Waals surface area contributed by atoms with Gasteiger partial charge in [-0.2, -0.15) is 4.98 Å². The van der Waals surface area contributed by atoms with Crippen LogP contribution in [0.2, 0.25) is 5.02 Å². The number of anilines is 4. The summed E-state index contributed by atoms with van der Waals surface area (Å²) in [6.07, 6.45) is 5.61. The molecule has 1 fully saturated rings. The number of nitrogens with one attached hydrogen (secondary N) is 2. The first-order valence-corrected chi connectivity index (χ1v) is 10.7. The maximum Gasteiger partial charge on any atom is 0.248 e. The number of aromatic nitrogens is 2. The van der Waals surface area contributed by atoms with Crippen LogP contribution in [-0.2, 0) is 4.79 Å². The van der Waals surface area contributed by atoms with Crippen molar-refractivity contribution in [3.8, 4) is 0 Å². The van der Waals surface area contributed by atoms with Crippen LogP contribution >= 0.6 is 11.6 Å². The summed E-state index contributed by atoms with van der Waals surface area (Å²) in [4.78, 5) is 23.6. The Morgan fingerprint density at radius 2 is 1.68 bits per heavy atom. The Morgan fingerprint density at radius 1 is 1.00 bits per heavy atom. The van der Waals surface area contributed by atoms with Crippen molar-refractivity contribution in [3.63, 3.8) is 0 Å². The molecule has 158 valence electrons. The van der Waals surface area contributed by atoms with Crippen molar-refractivity contribution in [2.75, 3.05) is 28.6 Å². The van der Waals surface area contributed by atoms with Gasteiger partial charge in [0.15, 0.2) is 0 Å². The smallest absolute Gasteiger partial charge is 0.248 e. The monoisotopic (exact) mass is 433 g/mol. The third-order valence-electron chi connectivity index (χ3n) is 4.95. The number of nitrogens with zero attached hydrogens (tertiary/aromatic N) is 3. The average Bonchev–Trinajstić information content (AvgIpc) is 3.29. The second kappa shape index (κ2) is 9.62. The molecule has 6 nitrogen and oxygen atoms in total. The molecule has 4 rings (SSSR count).